The molecule has 2 heterocycles. The Morgan fingerprint density at radius 3 is 2.77 bits per heavy atom. The van der Waals surface area contributed by atoms with Gasteiger partial charge in [-0.3, -0.25) is 0 Å². The molecule has 168 valence electrons. The van der Waals surface area contributed by atoms with Gasteiger partial charge in [0.25, 0.3) is 0 Å². The number of unbranched alkanes of at least 4 members (excludes halogenated alkanes) is 1. The molecule has 0 amide bonds. The highest BCUT2D eigenvalue weighted by molar-refractivity contribution is 6.36. The maximum atomic E-state index is 13.9. The number of nitrogen functional groups attached to an aromatic ring is 1. The Hall–Kier alpha value is -1.82. The van der Waals surface area contributed by atoms with Crippen LogP contribution >= 0.6 is 23.2 Å². The number of ether oxygens (including phenoxy) is 1. The van der Waals surface area contributed by atoms with Crippen molar-refractivity contribution in [3.8, 4) is 5.75 Å². The van der Waals surface area contributed by atoms with Crippen molar-refractivity contribution >= 4 is 34.6 Å². The molecule has 1 atom stereocenters. The molecule has 1 aliphatic heterocycles. The topological polar surface area (TPSA) is 51.4 Å². The minimum atomic E-state index is -0.593. The Balaban J connectivity index is 1.72. The highest BCUT2D eigenvalue weighted by atomic mass is 35.5. The number of likely N-dealkylation sites (tertiary alicyclic amines) is 1. The molecule has 7 heteroatoms. The van der Waals surface area contributed by atoms with Crippen molar-refractivity contribution in [1.29, 1.82) is 0 Å². The lowest BCUT2D eigenvalue weighted by Crippen LogP contribution is -2.20. The van der Waals surface area contributed by atoms with Crippen molar-refractivity contribution in [2.75, 3.05) is 25.4 Å². The maximum Gasteiger partial charge on any atom is 0.166 e. The van der Waals surface area contributed by atoms with E-state index < -0.39 is 11.9 Å². The molecule has 1 saturated heterocycles. The molecule has 0 bridgehead atoms. The van der Waals surface area contributed by atoms with Crippen molar-refractivity contribution in [1.82, 2.24) is 9.88 Å². The first kappa shape index (κ1) is 23.8. The summed E-state index contributed by atoms with van der Waals surface area (Å²) in [5, 5.41) is 0.295. The Morgan fingerprint density at radius 1 is 1.32 bits per heavy atom. The van der Waals surface area contributed by atoms with Gasteiger partial charge in [0.15, 0.2) is 11.6 Å². The number of allylic oxidation sites excluding steroid dienone is 2. The highest BCUT2D eigenvalue weighted by Crippen LogP contribution is 2.36. The number of halogens is 3. The van der Waals surface area contributed by atoms with E-state index in [1.807, 2.05) is 6.07 Å². The normalized spacial score (nSPS) is 16.0. The zero-order chi connectivity index (χ0) is 22.4. The molecule has 1 aliphatic rings. The van der Waals surface area contributed by atoms with Crippen LogP contribution < -0.4 is 10.5 Å². The van der Waals surface area contributed by atoms with Gasteiger partial charge in [-0.05, 0) is 88.0 Å². The second kappa shape index (κ2) is 11.2. The van der Waals surface area contributed by atoms with Crippen molar-refractivity contribution in [2.24, 2.45) is 0 Å². The molecule has 3 rings (SSSR count). The Morgan fingerprint density at radius 2 is 2.06 bits per heavy atom. The maximum absolute atomic E-state index is 13.9. The molecule has 1 aromatic heterocycles. The van der Waals surface area contributed by atoms with Gasteiger partial charge in [-0.15, -0.1) is 0 Å². The summed E-state index contributed by atoms with van der Waals surface area (Å²) in [5.41, 5.74) is 8.61. The van der Waals surface area contributed by atoms with Crippen molar-refractivity contribution in [3.05, 3.63) is 57.5 Å². The highest BCUT2D eigenvalue weighted by Gasteiger charge is 2.20. The van der Waals surface area contributed by atoms with E-state index in [4.69, 9.17) is 33.7 Å². The smallest absolute Gasteiger partial charge is 0.166 e. The fraction of sp³-hybridized carbons (Fsp3) is 0.458. The molecular weight excluding hydrogens is 436 g/mol. The standard InChI is InChI=1S/C24H30Cl2FN3O/c1-3-17(8-4-5-11-30-12-6-7-13-30)18-14-21(24(28)29-15-18)31-16(2)22-19(25)9-10-20(27)23(22)26/h8-10,14-16H,3-7,11-13H2,1-2H3,(H2,28,29)/b17-8+. The monoisotopic (exact) mass is 465 g/mol. The van der Waals surface area contributed by atoms with E-state index in [0.717, 1.165) is 31.4 Å². The molecule has 2 aromatic rings. The number of pyridine rings is 1. The summed E-state index contributed by atoms with van der Waals surface area (Å²) in [5.74, 6) is 0.156. The van der Waals surface area contributed by atoms with Gasteiger partial charge < -0.3 is 15.4 Å². The van der Waals surface area contributed by atoms with Crippen molar-refractivity contribution in [2.45, 2.75) is 52.1 Å². The number of rotatable bonds is 9. The van der Waals surface area contributed by atoms with Crippen LogP contribution in [0.25, 0.3) is 5.57 Å². The van der Waals surface area contributed by atoms with Crippen molar-refractivity contribution < 1.29 is 9.13 Å². The molecule has 1 fully saturated rings. The molecule has 2 N–H and O–H groups in total. The first-order valence-electron chi connectivity index (χ1n) is 10.9. The van der Waals surface area contributed by atoms with Crippen LogP contribution in [0, 0.1) is 5.82 Å². The third-order valence-electron chi connectivity index (χ3n) is 5.69. The second-order valence-corrected chi connectivity index (χ2v) is 8.68. The summed E-state index contributed by atoms with van der Waals surface area (Å²) in [6.07, 6.45) is 9.13. The van der Waals surface area contributed by atoms with E-state index in [1.54, 1.807) is 13.1 Å². The average Bonchev–Trinajstić information content (AvgIpc) is 3.26. The summed E-state index contributed by atoms with van der Waals surface area (Å²) >= 11 is 12.4. The largest absolute Gasteiger partial charge is 0.482 e. The van der Waals surface area contributed by atoms with Crippen LogP contribution in [-0.4, -0.2) is 29.5 Å². The third-order valence-corrected chi connectivity index (χ3v) is 6.40. The number of hydrogen-bond acceptors (Lipinski definition) is 4. The zero-order valence-corrected chi connectivity index (χ0v) is 19.6. The van der Waals surface area contributed by atoms with Crippen LogP contribution in [-0.2, 0) is 0 Å². The SMILES string of the molecule is CC/C(=C\CCCN1CCCC1)c1cnc(N)c(OC(C)c2c(Cl)ccc(F)c2Cl)c1. The second-order valence-electron chi connectivity index (χ2n) is 7.90. The number of nitrogens with two attached hydrogens (primary N) is 1. The van der Waals surface area contributed by atoms with Gasteiger partial charge in [0, 0.05) is 16.8 Å². The first-order chi connectivity index (χ1) is 14.9. The molecule has 0 radical (unpaired) electrons. The van der Waals surface area contributed by atoms with Gasteiger partial charge in [-0.2, -0.15) is 0 Å². The minimum absolute atomic E-state index is 0.0465. The third kappa shape index (κ3) is 6.12. The summed E-state index contributed by atoms with van der Waals surface area (Å²) < 4.78 is 19.9. The predicted molar refractivity (Wildman–Crippen MR) is 127 cm³/mol. The number of anilines is 1. The summed E-state index contributed by atoms with van der Waals surface area (Å²) in [6, 6.07) is 4.59. The van der Waals surface area contributed by atoms with Crippen LogP contribution in [0.2, 0.25) is 10.0 Å². The van der Waals surface area contributed by atoms with Gasteiger partial charge in [0.2, 0.25) is 0 Å². The van der Waals surface area contributed by atoms with Gasteiger partial charge in [-0.25, -0.2) is 9.37 Å². The number of hydrogen-bond donors (Lipinski definition) is 1. The Kier molecular flexibility index (Phi) is 8.58. The fourth-order valence-electron chi connectivity index (χ4n) is 3.95. The predicted octanol–water partition coefficient (Wildman–Crippen LogP) is 6.92. The molecular formula is C24H30Cl2FN3O. The van der Waals surface area contributed by atoms with E-state index in [1.165, 1.54) is 43.6 Å². The Labute approximate surface area is 194 Å². The van der Waals surface area contributed by atoms with Gasteiger partial charge in [0.1, 0.15) is 11.9 Å². The molecule has 0 spiro atoms. The number of aromatic nitrogens is 1. The molecule has 1 aromatic carbocycles. The van der Waals surface area contributed by atoms with Gasteiger partial charge in [-0.1, -0.05) is 36.2 Å². The quantitative estimate of drug-likeness (QED) is 0.322. The van der Waals surface area contributed by atoms with E-state index in [-0.39, 0.29) is 10.8 Å². The minimum Gasteiger partial charge on any atom is -0.482 e. The van der Waals surface area contributed by atoms with Crippen molar-refractivity contribution in [3.63, 3.8) is 0 Å². The lowest BCUT2D eigenvalue weighted by Gasteiger charge is -2.19. The molecule has 31 heavy (non-hydrogen) atoms. The average molecular weight is 466 g/mol. The van der Waals surface area contributed by atoms with Crippen LogP contribution in [0.15, 0.2) is 30.5 Å². The fourth-order valence-corrected chi connectivity index (χ4v) is 4.63. The molecule has 1 unspecified atom stereocenters. The Bertz CT molecular complexity index is 929. The first-order valence-corrected chi connectivity index (χ1v) is 11.6. The van der Waals surface area contributed by atoms with E-state index in [0.29, 0.717) is 16.3 Å². The molecule has 0 saturated carbocycles. The summed E-state index contributed by atoms with van der Waals surface area (Å²) in [6.45, 7) is 7.48. The van der Waals surface area contributed by atoms with Crippen LogP contribution in [0.3, 0.4) is 0 Å². The number of nitrogens with zero attached hydrogens (tertiary/aromatic N) is 2. The van der Waals surface area contributed by atoms with E-state index in [2.05, 4.69) is 22.9 Å². The van der Waals surface area contributed by atoms with Gasteiger partial charge in [0.05, 0.1) is 5.02 Å². The van der Waals surface area contributed by atoms with Crippen LogP contribution in [0.4, 0.5) is 10.2 Å². The summed E-state index contributed by atoms with van der Waals surface area (Å²) in [7, 11) is 0. The lowest BCUT2D eigenvalue weighted by atomic mass is 10.0. The molecule has 4 nitrogen and oxygen atoms in total. The van der Waals surface area contributed by atoms with Gasteiger partial charge >= 0.3 is 0 Å². The zero-order valence-electron chi connectivity index (χ0n) is 18.1. The summed E-state index contributed by atoms with van der Waals surface area (Å²) in [4.78, 5) is 6.84. The molecule has 0 aliphatic carbocycles. The van der Waals surface area contributed by atoms with E-state index in [9.17, 15) is 4.39 Å². The van der Waals surface area contributed by atoms with E-state index >= 15 is 0 Å². The van der Waals surface area contributed by atoms with Crippen LogP contribution in [0.5, 0.6) is 5.75 Å². The number of benzene rings is 1. The van der Waals surface area contributed by atoms with Crippen LogP contribution in [0.1, 0.15) is 63.2 Å². The lowest BCUT2D eigenvalue weighted by molar-refractivity contribution is 0.227.